The van der Waals surface area contributed by atoms with Gasteiger partial charge in [-0.25, -0.2) is 0 Å². The van der Waals surface area contributed by atoms with Gasteiger partial charge in [-0.15, -0.1) is 11.3 Å². The molecular weight excluding hydrogens is 414 g/mol. The van der Waals surface area contributed by atoms with Crippen LogP contribution >= 0.6 is 22.9 Å². The first-order chi connectivity index (χ1) is 14.0. The maximum Gasteiger partial charge on any atom is 0.257 e. The molecule has 0 bridgehead atoms. The van der Waals surface area contributed by atoms with Gasteiger partial charge in [0.25, 0.3) is 5.91 Å². The molecule has 0 fully saturated rings. The lowest BCUT2D eigenvalue weighted by Crippen LogP contribution is -2.29. The first-order valence-electron chi connectivity index (χ1n) is 9.12. The van der Waals surface area contributed by atoms with Gasteiger partial charge in [-0.1, -0.05) is 28.9 Å². The molecule has 0 aliphatic rings. The Morgan fingerprint density at radius 2 is 2.03 bits per heavy atom. The van der Waals surface area contributed by atoms with Crippen molar-refractivity contribution in [3.63, 3.8) is 0 Å². The SMILES string of the molecule is O=NCCCc1cc2c(=O)c(C(=O)NCc3ccc(Cl)cc3)cn(CCO)c2s1. The first-order valence-corrected chi connectivity index (χ1v) is 10.3. The molecule has 7 nitrogen and oxygen atoms in total. The van der Waals surface area contributed by atoms with Crippen molar-refractivity contribution in [1.29, 1.82) is 0 Å². The molecule has 2 heterocycles. The maximum atomic E-state index is 12.9. The number of rotatable bonds is 9. The van der Waals surface area contributed by atoms with Crippen LogP contribution in [0.3, 0.4) is 0 Å². The Balaban J connectivity index is 1.88. The molecule has 0 saturated heterocycles. The Bertz CT molecular complexity index is 1080. The van der Waals surface area contributed by atoms with Crippen LogP contribution in [-0.2, 0) is 19.5 Å². The van der Waals surface area contributed by atoms with Crippen LogP contribution in [0.25, 0.3) is 10.2 Å². The topological polar surface area (TPSA) is 101 Å². The Labute approximate surface area is 175 Å². The number of carbonyl (C=O) groups excluding carboxylic acids is 1. The summed E-state index contributed by atoms with van der Waals surface area (Å²) in [6.45, 7) is 0.630. The molecule has 0 aliphatic carbocycles. The number of benzene rings is 1. The fraction of sp³-hybridized carbons (Fsp3) is 0.300. The van der Waals surface area contributed by atoms with Gasteiger partial charge in [0.05, 0.1) is 18.5 Å². The van der Waals surface area contributed by atoms with Crippen LogP contribution in [0, 0.1) is 4.91 Å². The number of nitroso groups, excluding NO2 is 1. The van der Waals surface area contributed by atoms with Gasteiger partial charge in [0.1, 0.15) is 10.4 Å². The third-order valence-electron chi connectivity index (χ3n) is 4.42. The molecule has 152 valence electrons. The van der Waals surface area contributed by atoms with Gasteiger partial charge in [-0.2, -0.15) is 4.91 Å². The van der Waals surface area contributed by atoms with Crippen LogP contribution in [0.2, 0.25) is 5.02 Å². The van der Waals surface area contributed by atoms with E-state index in [4.69, 9.17) is 11.6 Å². The van der Waals surface area contributed by atoms with Gasteiger partial charge in [0.2, 0.25) is 5.43 Å². The van der Waals surface area contributed by atoms with Crippen LogP contribution < -0.4 is 10.7 Å². The van der Waals surface area contributed by atoms with Crippen LogP contribution in [-0.4, -0.2) is 28.7 Å². The van der Waals surface area contributed by atoms with E-state index in [0.29, 0.717) is 28.1 Å². The third kappa shape index (κ3) is 5.09. The van der Waals surface area contributed by atoms with Crippen molar-refractivity contribution in [2.24, 2.45) is 5.18 Å². The highest BCUT2D eigenvalue weighted by Gasteiger charge is 2.17. The number of thiophene rings is 1. The number of halogens is 1. The van der Waals surface area contributed by atoms with E-state index < -0.39 is 5.91 Å². The first kappa shape index (κ1) is 21.2. The second-order valence-electron chi connectivity index (χ2n) is 6.49. The number of amides is 1. The molecule has 2 N–H and O–H groups in total. The number of fused-ring (bicyclic) bond motifs is 1. The minimum absolute atomic E-state index is 0.0267. The number of pyridine rings is 1. The van der Waals surface area contributed by atoms with Crippen molar-refractivity contribution in [3.05, 3.63) is 72.7 Å². The number of nitrogens with one attached hydrogen (secondary N) is 1. The van der Waals surface area contributed by atoms with E-state index in [-0.39, 0.29) is 37.2 Å². The number of carbonyl (C=O) groups is 1. The second kappa shape index (κ2) is 9.78. The summed E-state index contributed by atoms with van der Waals surface area (Å²) in [7, 11) is 0. The molecule has 9 heteroatoms. The smallest absolute Gasteiger partial charge is 0.257 e. The lowest BCUT2D eigenvalue weighted by Gasteiger charge is -2.10. The van der Waals surface area contributed by atoms with E-state index in [0.717, 1.165) is 10.4 Å². The van der Waals surface area contributed by atoms with Crippen molar-refractivity contribution in [3.8, 4) is 0 Å². The normalized spacial score (nSPS) is 11.0. The highest BCUT2D eigenvalue weighted by molar-refractivity contribution is 7.18. The summed E-state index contributed by atoms with van der Waals surface area (Å²) >= 11 is 7.29. The number of aromatic nitrogens is 1. The monoisotopic (exact) mass is 433 g/mol. The maximum absolute atomic E-state index is 12.9. The number of aliphatic hydroxyl groups is 1. The van der Waals surface area contributed by atoms with E-state index in [1.54, 1.807) is 34.9 Å². The highest BCUT2D eigenvalue weighted by Crippen LogP contribution is 2.25. The highest BCUT2D eigenvalue weighted by atomic mass is 35.5. The van der Waals surface area contributed by atoms with Crippen molar-refractivity contribution >= 4 is 39.1 Å². The van der Waals surface area contributed by atoms with Crippen LogP contribution in [0.5, 0.6) is 0 Å². The molecule has 0 spiro atoms. The Hall–Kier alpha value is -2.55. The quantitative estimate of drug-likeness (QED) is 0.399. The number of nitrogens with zero attached hydrogens (tertiary/aromatic N) is 2. The van der Waals surface area contributed by atoms with Crippen LogP contribution in [0.1, 0.15) is 27.2 Å². The number of aliphatic hydroxyl groups excluding tert-OH is 1. The molecule has 0 atom stereocenters. The summed E-state index contributed by atoms with van der Waals surface area (Å²) < 4.78 is 1.72. The summed E-state index contributed by atoms with van der Waals surface area (Å²) in [6, 6.07) is 8.83. The second-order valence-corrected chi connectivity index (χ2v) is 8.04. The molecule has 2 aromatic heterocycles. The Morgan fingerprint density at radius 3 is 2.72 bits per heavy atom. The molecule has 3 aromatic rings. The fourth-order valence-corrected chi connectivity index (χ4v) is 4.30. The van der Waals surface area contributed by atoms with Gasteiger partial charge in [-0.05, 0) is 36.6 Å². The molecular formula is C20H20ClN3O4S. The minimum atomic E-state index is -0.476. The van der Waals surface area contributed by atoms with Crippen molar-refractivity contribution in [2.45, 2.75) is 25.9 Å². The van der Waals surface area contributed by atoms with Gasteiger partial charge >= 0.3 is 0 Å². The summed E-state index contributed by atoms with van der Waals surface area (Å²) in [5, 5.41) is 16.0. The van der Waals surface area contributed by atoms with Crippen LogP contribution in [0.4, 0.5) is 0 Å². The zero-order valence-electron chi connectivity index (χ0n) is 15.6. The van der Waals surface area contributed by atoms with Gasteiger partial charge in [0.15, 0.2) is 0 Å². The number of hydrogen-bond donors (Lipinski definition) is 2. The van der Waals surface area contributed by atoms with E-state index in [1.165, 1.54) is 17.5 Å². The average molecular weight is 434 g/mol. The predicted molar refractivity (Wildman–Crippen MR) is 115 cm³/mol. The number of hydrogen-bond acceptors (Lipinski definition) is 6. The molecule has 0 unspecified atom stereocenters. The lowest BCUT2D eigenvalue weighted by molar-refractivity contribution is 0.0949. The molecule has 29 heavy (non-hydrogen) atoms. The molecule has 1 aromatic carbocycles. The predicted octanol–water partition coefficient (Wildman–Crippen LogP) is 3.34. The zero-order valence-corrected chi connectivity index (χ0v) is 17.1. The third-order valence-corrected chi connectivity index (χ3v) is 5.91. The summed E-state index contributed by atoms with van der Waals surface area (Å²) in [6.07, 6.45) is 2.71. The van der Waals surface area contributed by atoms with Crippen LogP contribution in [0.15, 0.2) is 46.5 Å². The van der Waals surface area contributed by atoms with Crippen molar-refractivity contribution in [1.82, 2.24) is 9.88 Å². The molecule has 3 rings (SSSR count). The van der Waals surface area contributed by atoms with Crippen molar-refractivity contribution in [2.75, 3.05) is 13.2 Å². The van der Waals surface area contributed by atoms with E-state index in [2.05, 4.69) is 10.5 Å². The largest absolute Gasteiger partial charge is 0.395 e. The zero-order chi connectivity index (χ0) is 20.8. The fourth-order valence-electron chi connectivity index (χ4n) is 2.98. The molecule has 1 amide bonds. The Morgan fingerprint density at radius 1 is 1.28 bits per heavy atom. The van der Waals surface area contributed by atoms with E-state index >= 15 is 0 Å². The van der Waals surface area contributed by atoms with E-state index in [9.17, 15) is 19.6 Å². The van der Waals surface area contributed by atoms with Gasteiger partial charge in [0, 0.05) is 29.2 Å². The molecule has 0 aliphatic heterocycles. The summed E-state index contributed by atoms with van der Waals surface area (Å²) in [4.78, 5) is 37.5. The summed E-state index contributed by atoms with van der Waals surface area (Å²) in [5.74, 6) is -0.476. The molecule has 0 saturated carbocycles. The van der Waals surface area contributed by atoms with Gasteiger partial charge < -0.3 is 15.0 Å². The Kier molecular flexibility index (Phi) is 7.13. The molecule has 0 radical (unpaired) electrons. The lowest BCUT2D eigenvalue weighted by atomic mass is 10.1. The van der Waals surface area contributed by atoms with Crippen molar-refractivity contribution < 1.29 is 9.90 Å². The summed E-state index contributed by atoms with van der Waals surface area (Å²) in [5.41, 5.74) is 0.541. The average Bonchev–Trinajstić information content (AvgIpc) is 3.15. The van der Waals surface area contributed by atoms with E-state index in [1.807, 2.05) is 0 Å². The standard InChI is InChI=1S/C20H20ClN3O4S/c21-14-5-3-13(4-6-14)11-22-19(27)17-12-24(8-9-25)20-16(18(17)26)10-15(29-20)2-1-7-23-28/h3-6,10,12,25H,1-2,7-9,11H2,(H,22,27). The number of aryl methyl sites for hydroxylation is 1. The van der Waals surface area contributed by atoms with Gasteiger partial charge in [-0.3, -0.25) is 9.59 Å². The minimum Gasteiger partial charge on any atom is -0.395 e.